The van der Waals surface area contributed by atoms with E-state index in [0.717, 1.165) is 10.4 Å². The van der Waals surface area contributed by atoms with E-state index in [0.29, 0.717) is 5.13 Å². The van der Waals surface area contributed by atoms with Gasteiger partial charge in [0.2, 0.25) is 5.91 Å². The van der Waals surface area contributed by atoms with Crippen LogP contribution in [0.2, 0.25) is 0 Å². The van der Waals surface area contributed by atoms with Crippen LogP contribution >= 0.6 is 11.3 Å². The standard InChI is InChI=1S/C15H14N2OS/c1-2-3-5-10-14(18)17-15-16-11-13(19-15)12-8-6-4-7-9-12/h2-11H,1H3,(H,16,17,18)/b3-2+,10-5+. The van der Waals surface area contributed by atoms with Gasteiger partial charge in [-0.25, -0.2) is 4.98 Å². The molecule has 0 saturated carbocycles. The molecule has 0 aliphatic carbocycles. The van der Waals surface area contributed by atoms with Crippen molar-refractivity contribution in [3.8, 4) is 10.4 Å². The third kappa shape index (κ3) is 3.89. The van der Waals surface area contributed by atoms with Gasteiger partial charge in [-0.05, 0) is 12.5 Å². The zero-order valence-electron chi connectivity index (χ0n) is 10.5. The number of hydrogen-bond donors (Lipinski definition) is 1. The lowest BCUT2D eigenvalue weighted by Gasteiger charge is -1.95. The Morgan fingerprint density at radius 1 is 1.26 bits per heavy atom. The van der Waals surface area contributed by atoms with Crippen molar-refractivity contribution < 1.29 is 4.79 Å². The summed E-state index contributed by atoms with van der Waals surface area (Å²) in [5.41, 5.74) is 1.10. The number of allylic oxidation sites excluding steroid dienone is 3. The lowest BCUT2D eigenvalue weighted by molar-refractivity contribution is -0.111. The molecular formula is C15H14N2OS. The first-order valence-corrected chi connectivity index (χ1v) is 6.73. The van der Waals surface area contributed by atoms with Crippen molar-refractivity contribution >= 4 is 22.4 Å². The number of rotatable bonds is 4. The quantitative estimate of drug-likeness (QED) is 0.676. The minimum atomic E-state index is -0.174. The number of carbonyl (C=O) groups excluding carboxylic acids is 1. The number of nitrogens with zero attached hydrogens (tertiary/aromatic N) is 1. The van der Waals surface area contributed by atoms with Crippen LogP contribution in [0.1, 0.15) is 6.92 Å². The van der Waals surface area contributed by atoms with Gasteiger partial charge < -0.3 is 0 Å². The highest BCUT2D eigenvalue weighted by atomic mass is 32.1. The van der Waals surface area contributed by atoms with Crippen LogP contribution in [0.3, 0.4) is 0 Å². The second-order valence-corrected chi connectivity index (χ2v) is 4.80. The van der Waals surface area contributed by atoms with E-state index >= 15 is 0 Å². The Kier molecular flexibility index (Phi) is 4.64. The minimum Gasteiger partial charge on any atom is -0.298 e. The van der Waals surface area contributed by atoms with Gasteiger partial charge in [-0.3, -0.25) is 10.1 Å². The molecule has 1 heterocycles. The van der Waals surface area contributed by atoms with Crippen LogP contribution < -0.4 is 5.32 Å². The van der Waals surface area contributed by atoms with Crippen molar-refractivity contribution in [2.45, 2.75) is 6.92 Å². The average Bonchev–Trinajstić information content (AvgIpc) is 2.88. The van der Waals surface area contributed by atoms with Crippen molar-refractivity contribution in [2.24, 2.45) is 0 Å². The molecule has 3 nitrogen and oxygen atoms in total. The van der Waals surface area contributed by atoms with E-state index in [1.807, 2.05) is 43.3 Å². The Morgan fingerprint density at radius 3 is 2.79 bits per heavy atom. The average molecular weight is 270 g/mol. The minimum absolute atomic E-state index is 0.174. The highest BCUT2D eigenvalue weighted by molar-refractivity contribution is 7.19. The second kappa shape index (κ2) is 6.66. The highest BCUT2D eigenvalue weighted by Gasteiger charge is 2.05. The van der Waals surface area contributed by atoms with Gasteiger partial charge in [0.15, 0.2) is 5.13 Å². The summed E-state index contributed by atoms with van der Waals surface area (Å²) in [4.78, 5) is 16.8. The molecule has 4 heteroatoms. The molecule has 2 rings (SSSR count). The SMILES string of the molecule is C/C=C/C=C/C(=O)Nc1ncc(-c2ccccc2)s1. The van der Waals surface area contributed by atoms with Gasteiger partial charge in [0, 0.05) is 12.3 Å². The van der Waals surface area contributed by atoms with Crippen LogP contribution in [-0.4, -0.2) is 10.9 Å². The number of aromatic nitrogens is 1. The van der Waals surface area contributed by atoms with Crippen LogP contribution in [0.5, 0.6) is 0 Å². The van der Waals surface area contributed by atoms with Gasteiger partial charge in [-0.1, -0.05) is 59.9 Å². The number of amides is 1. The van der Waals surface area contributed by atoms with E-state index in [9.17, 15) is 4.79 Å². The van der Waals surface area contributed by atoms with Crippen LogP contribution in [0.25, 0.3) is 10.4 Å². The molecule has 0 fully saturated rings. The molecule has 0 aliphatic rings. The molecule has 0 radical (unpaired) electrons. The maximum atomic E-state index is 11.6. The number of carbonyl (C=O) groups is 1. The first-order chi connectivity index (χ1) is 9.29. The molecule has 0 unspecified atom stereocenters. The van der Waals surface area contributed by atoms with Crippen molar-refractivity contribution in [1.82, 2.24) is 4.98 Å². The predicted molar refractivity (Wildman–Crippen MR) is 80.1 cm³/mol. The van der Waals surface area contributed by atoms with Gasteiger partial charge in [0.05, 0.1) is 4.88 Å². The van der Waals surface area contributed by atoms with E-state index in [1.54, 1.807) is 18.3 Å². The normalized spacial score (nSPS) is 11.2. The van der Waals surface area contributed by atoms with Crippen LogP contribution in [0.4, 0.5) is 5.13 Å². The monoisotopic (exact) mass is 270 g/mol. The zero-order valence-corrected chi connectivity index (χ0v) is 11.4. The Balaban J connectivity index is 2.04. The van der Waals surface area contributed by atoms with Gasteiger partial charge in [-0.2, -0.15) is 0 Å². The lowest BCUT2D eigenvalue weighted by Crippen LogP contribution is -2.06. The van der Waals surface area contributed by atoms with Crippen molar-refractivity contribution in [3.05, 3.63) is 60.8 Å². The molecule has 1 aromatic carbocycles. The van der Waals surface area contributed by atoms with Gasteiger partial charge >= 0.3 is 0 Å². The lowest BCUT2D eigenvalue weighted by atomic mass is 10.2. The van der Waals surface area contributed by atoms with Crippen molar-refractivity contribution in [3.63, 3.8) is 0 Å². The Labute approximate surface area is 116 Å². The summed E-state index contributed by atoms with van der Waals surface area (Å²) in [7, 11) is 0. The first kappa shape index (κ1) is 13.2. The molecule has 1 aromatic heterocycles. The topological polar surface area (TPSA) is 42.0 Å². The van der Waals surface area contributed by atoms with Crippen molar-refractivity contribution in [2.75, 3.05) is 5.32 Å². The molecule has 96 valence electrons. The summed E-state index contributed by atoms with van der Waals surface area (Å²) < 4.78 is 0. The Morgan fingerprint density at radius 2 is 2.05 bits per heavy atom. The Hall–Kier alpha value is -2.20. The molecule has 0 atom stereocenters. The molecule has 2 aromatic rings. The van der Waals surface area contributed by atoms with E-state index in [1.165, 1.54) is 17.4 Å². The van der Waals surface area contributed by atoms with E-state index < -0.39 is 0 Å². The van der Waals surface area contributed by atoms with Gasteiger partial charge in [0.1, 0.15) is 0 Å². The third-order valence-corrected chi connectivity index (χ3v) is 3.31. The number of hydrogen-bond acceptors (Lipinski definition) is 3. The molecule has 0 bridgehead atoms. The third-order valence-electron chi connectivity index (χ3n) is 2.35. The summed E-state index contributed by atoms with van der Waals surface area (Å²) >= 11 is 1.46. The van der Waals surface area contributed by atoms with E-state index in [4.69, 9.17) is 0 Å². The van der Waals surface area contributed by atoms with E-state index in [2.05, 4.69) is 10.3 Å². The molecule has 1 N–H and O–H groups in total. The summed E-state index contributed by atoms with van der Waals surface area (Å²) in [5, 5.41) is 3.34. The number of nitrogens with one attached hydrogen (secondary N) is 1. The van der Waals surface area contributed by atoms with Gasteiger partial charge in [-0.15, -0.1) is 0 Å². The summed E-state index contributed by atoms with van der Waals surface area (Å²) in [5.74, 6) is -0.174. The second-order valence-electron chi connectivity index (χ2n) is 3.77. The maximum Gasteiger partial charge on any atom is 0.250 e. The van der Waals surface area contributed by atoms with Crippen LogP contribution in [-0.2, 0) is 4.79 Å². The molecule has 0 aliphatic heterocycles. The number of thiazole rings is 1. The molecule has 0 spiro atoms. The van der Waals surface area contributed by atoms with Crippen LogP contribution in [0, 0.1) is 0 Å². The maximum absolute atomic E-state index is 11.6. The number of anilines is 1. The summed E-state index contributed by atoms with van der Waals surface area (Å²) in [6, 6.07) is 9.97. The van der Waals surface area contributed by atoms with Gasteiger partial charge in [0.25, 0.3) is 0 Å². The predicted octanol–water partition coefficient (Wildman–Crippen LogP) is 3.88. The first-order valence-electron chi connectivity index (χ1n) is 5.91. The van der Waals surface area contributed by atoms with Crippen molar-refractivity contribution in [1.29, 1.82) is 0 Å². The smallest absolute Gasteiger partial charge is 0.250 e. The van der Waals surface area contributed by atoms with E-state index in [-0.39, 0.29) is 5.91 Å². The highest BCUT2D eigenvalue weighted by Crippen LogP contribution is 2.28. The zero-order chi connectivity index (χ0) is 13.5. The largest absolute Gasteiger partial charge is 0.298 e. The summed E-state index contributed by atoms with van der Waals surface area (Å²) in [6.07, 6.45) is 8.60. The molecule has 1 amide bonds. The Bertz CT molecular complexity index is 600. The molecular weight excluding hydrogens is 256 g/mol. The number of benzene rings is 1. The fourth-order valence-corrected chi connectivity index (χ4v) is 2.29. The molecule has 0 saturated heterocycles. The van der Waals surface area contributed by atoms with Crippen LogP contribution in [0.15, 0.2) is 60.8 Å². The fourth-order valence-electron chi connectivity index (χ4n) is 1.47. The summed E-state index contributed by atoms with van der Waals surface area (Å²) in [6.45, 7) is 1.90. The molecule has 19 heavy (non-hydrogen) atoms. The fraction of sp³-hybridized carbons (Fsp3) is 0.0667.